The van der Waals surface area contributed by atoms with Crippen molar-refractivity contribution in [3.05, 3.63) is 57.3 Å². The Morgan fingerprint density at radius 2 is 1.78 bits per heavy atom. The van der Waals surface area contributed by atoms with Gasteiger partial charge in [0, 0.05) is 12.1 Å². The molecule has 3 heterocycles. The molecule has 0 saturated carbocycles. The molecule has 3 aromatic rings. The minimum atomic E-state index is -0.798. The van der Waals surface area contributed by atoms with E-state index >= 15 is 0 Å². The molecule has 0 bridgehead atoms. The molecule has 1 unspecified atom stereocenters. The number of allylic oxidation sites excluding steroid dienone is 1. The Hall–Kier alpha value is -3.87. The lowest BCUT2D eigenvalue weighted by Gasteiger charge is -2.29. The third-order valence-corrected chi connectivity index (χ3v) is 5.56. The maximum Gasteiger partial charge on any atom is 0.204 e. The van der Waals surface area contributed by atoms with Crippen LogP contribution in [0.3, 0.4) is 0 Å². The fourth-order valence-corrected chi connectivity index (χ4v) is 4.09. The van der Waals surface area contributed by atoms with E-state index in [9.17, 15) is 20.1 Å². The van der Waals surface area contributed by atoms with E-state index in [0.29, 0.717) is 16.9 Å². The lowest BCUT2D eigenvalue weighted by atomic mass is 9.94. The summed E-state index contributed by atoms with van der Waals surface area (Å²) in [5, 5.41) is 31.0. The van der Waals surface area contributed by atoms with Crippen molar-refractivity contribution < 1.29 is 29.2 Å². The second-order valence-electron chi connectivity index (χ2n) is 8.84. The van der Waals surface area contributed by atoms with Crippen LogP contribution in [0.25, 0.3) is 28.4 Å². The van der Waals surface area contributed by atoms with E-state index in [0.717, 1.165) is 5.57 Å². The van der Waals surface area contributed by atoms with Gasteiger partial charge in [0.1, 0.15) is 45.7 Å². The summed E-state index contributed by atoms with van der Waals surface area (Å²) >= 11 is 0. The van der Waals surface area contributed by atoms with Crippen molar-refractivity contribution in [1.82, 2.24) is 0 Å². The molecule has 2 aliphatic heterocycles. The first kappa shape index (κ1) is 20.1. The SMILES string of the molecule is CC(C)=CC1Oc2cc(O)c(O)cc2-c2oc3cc4c(c(O)c3c(=O)c21)C=CC(C)(C)O4. The quantitative estimate of drug-likeness (QED) is 0.358. The molecule has 1 aromatic heterocycles. The van der Waals surface area contributed by atoms with Gasteiger partial charge in [0.25, 0.3) is 0 Å². The highest BCUT2D eigenvalue weighted by Gasteiger charge is 2.34. The minimum absolute atomic E-state index is 0.0256. The topological polar surface area (TPSA) is 109 Å². The molecular formula is C25H22O7. The standard InChI is InChI=1S/C25H22O7/c1-11(2)7-18-21-23(29)20-19(10-17-12(22(20)28)5-6-25(3,4)32-17)31-24(21)13-8-14(26)15(27)9-16(13)30-18/h5-10,18,26-28H,1-4H3. The van der Waals surface area contributed by atoms with Gasteiger partial charge in [-0.3, -0.25) is 4.79 Å². The molecule has 2 aliphatic rings. The van der Waals surface area contributed by atoms with Gasteiger partial charge in [-0.25, -0.2) is 0 Å². The molecule has 0 amide bonds. The molecule has 7 nitrogen and oxygen atoms in total. The number of ether oxygens (including phenoxy) is 2. The van der Waals surface area contributed by atoms with Crippen LogP contribution in [0, 0.1) is 0 Å². The summed E-state index contributed by atoms with van der Waals surface area (Å²) in [5.74, 6) is -0.0826. The van der Waals surface area contributed by atoms with Crippen LogP contribution in [0.4, 0.5) is 0 Å². The van der Waals surface area contributed by atoms with Crippen molar-refractivity contribution in [3.63, 3.8) is 0 Å². The first-order valence-electron chi connectivity index (χ1n) is 10.2. The number of aromatic hydroxyl groups is 3. The average molecular weight is 434 g/mol. The molecule has 164 valence electrons. The number of benzene rings is 2. The lowest BCUT2D eigenvalue weighted by molar-refractivity contribution is 0.158. The summed E-state index contributed by atoms with van der Waals surface area (Å²) in [7, 11) is 0. The molecule has 7 heteroatoms. The van der Waals surface area contributed by atoms with Crippen molar-refractivity contribution >= 4 is 17.0 Å². The molecule has 0 aliphatic carbocycles. The summed E-state index contributed by atoms with van der Waals surface area (Å²) < 4.78 is 18.1. The molecule has 1 atom stereocenters. The summed E-state index contributed by atoms with van der Waals surface area (Å²) in [4.78, 5) is 13.7. The number of phenols is 3. The van der Waals surface area contributed by atoms with E-state index in [1.165, 1.54) is 12.1 Å². The molecule has 5 rings (SSSR count). The number of rotatable bonds is 1. The summed E-state index contributed by atoms with van der Waals surface area (Å²) in [6.45, 7) is 7.49. The van der Waals surface area contributed by atoms with E-state index in [-0.39, 0.29) is 45.3 Å². The van der Waals surface area contributed by atoms with Crippen LogP contribution in [-0.4, -0.2) is 20.9 Å². The van der Waals surface area contributed by atoms with Crippen molar-refractivity contribution in [3.8, 4) is 40.1 Å². The van der Waals surface area contributed by atoms with E-state index in [2.05, 4.69) is 0 Å². The van der Waals surface area contributed by atoms with Crippen LogP contribution >= 0.6 is 0 Å². The predicted octanol–water partition coefficient (Wildman–Crippen LogP) is 5.16. The summed E-state index contributed by atoms with van der Waals surface area (Å²) in [6.07, 6.45) is 4.50. The lowest BCUT2D eigenvalue weighted by Crippen LogP contribution is -2.27. The van der Waals surface area contributed by atoms with Crippen LogP contribution in [-0.2, 0) is 0 Å². The second kappa shape index (κ2) is 6.56. The zero-order valence-electron chi connectivity index (χ0n) is 18.0. The van der Waals surface area contributed by atoms with Gasteiger partial charge in [-0.2, -0.15) is 0 Å². The Morgan fingerprint density at radius 3 is 2.50 bits per heavy atom. The monoisotopic (exact) mass is 434 g/mol. The first-order valence-corrected chi connectivity index (χ1v) is 10.2. The summed E-state index contributed by atoms with van der Waals surface area (Å²) in [5.41, 5.74) is 0.953. The maximum atomic E-state index is 13.7. The Labute approximate surface area is 183 Å². The third kappa shape index (κ3) is 2.92. The fraction of sp³-hybridized carbons (Fsp3) is 0.240. The Bertz CT molecular complexity index is 1420. The first-order chi connectivity index (χ1) is 15.1. The second-order valence-corrected chi connectivity index (χ2v) is 8.84. The minimum Gasteiger partial charge on any atom is -0.506 e. The van der Waals surface area contributed by atoms with E-state index in [1.807, 2.05) is 33.8 Å². The molecule has 32 heavy (non-hydrogen) atoms. The van der Waals surface area contributed by atoms with Gasteiger partial charge in [0.2, 0.25) is 5.43 Å². The van der Waals surface area contributed by atoms with Gasteiger partial charge in [0.15, 0.2) is 11.5 Å². The summed E-state index contributed by atoms with van der Waals surface area (Å²) in [6, 6.07) is 4.16. The van der Waals surface area contributed by atoms with E-state index < -0.39 is 17.1 Å². The Balaban J connectivity index is 1.88. The van der Waals surface area contributed by atoms with Gasteiger partial charge in [-0.05, 0) is 52.0 Å². The van der Waals surface area contributed by atoms with Gasteiger partial charge < -0.3 is 29.2 Å². The highest BCUT2D eigenvalue weighted by atomic mass is 16.5. The average Bonchev–Trinajstić information content (AvgIpc) is 2.68. The molecule has 3 N–H and O–H groups in total. The van der Waals surface area contributed by atoms with Crippen LogP contribution < -0.4 is 14.9 Å². The predicted molar refractivity (Wildman–Crippen MR) is 119 cm³/mol. The zero-order valence-corrected chi connectivity index (χ0v) is 18.0. The van der Waals surface area contributed by atoms with Gasteiger partial charge in [0.05, 0.1) is 16.7 Å². The molecule has 0 saturated heterocycles. The molecule has 0 fully saturated rings. The molecular weight excluding hydrogens is 412 g/mol. The highest BCUT2D eigenvalue weighted by Crippen LogP contribution is 2.49. The maximum absolute atomic E-state index is 13.7. The van der Waals surface area contributed by atoms with E-state index in [1.54, 1.807) is 18.2 Å². The number of phenolic OH excluding ortho intramolecular Hbond substituents is 3. The van der Waals surface area contributed by atoms with Crippen LogP contribution in [0.2, 0.25) is 0 Å². The number of hydrogen-bond donors (Lipinski definition) is 3. The zero-order chi connectivity index (χ0) is 22.9. The van der Waals surface area contributed by atoms with Crippen LogP contribution in [0.15, 0.2) is 45.1 Å². The molecule has 2 aromatic carbocycles. The third-order valence-electron chi connectivity index (χ3n) is 5.56. The Kier molecular flexibility index (Phi) is 4.11. The van der Waals surface area contributed by atoms with Gasteiger partial charge >= 0.3 is 0 Å². The van der Waals surface area contributed by atoms with Crippen LogP contribution in [0.1, 0.15) is 44.9 Å². The van der Waals surface area contributed by atoms with E-state index in [4.69, 9.17) is 13.9 Å². The van der Waals surface area contributed by atoms with Crippen molar-refractivity contribution in [1.29, 1.82) is 0 Å². The number of hydrogen-bond acceptors (Lipinski definition) is 7. The van der Waals surface area contributed by atoms with Crippen molar-refractivity contribution in [2.75, 3.05) is 0 Å². The highest BCUT2D eigenvalue weighted by molar-refractivity contribution is 5.93. The Morgan fingerprint density at radius 1 is 1.06 bits per heavy atom. The van der Waals surface area contributed by atoms with Crippen LogP contribution in [0.5, 0.6) is 28.7 Å². The smallest absolute Gasteiger partial charge is 0.204 e. The number of fused-ring (bicyclic) bond motifs is 5. The fourth-order valence-electron chi connectivity index (χ4n) is 4.09. The van der Waals surface area contributed by atoms with Crippen molar-refractivity contribution in [2.45, 2.75) is 39.4 Å². The van der Waals surface area contributed by atoms with Crippen molar-refractivity contribution in [2.24, 2.45) is 0 Å². The normalized spacial score (nSPS) is 17.6. The molecule has 0 spiro atoms. The van der Waals surface area contributed by atoms with Gasteiger partial charge in [-0.1, -0.05) is 5.57 Å². The van der Waals surface area contributed by atoms with Gasteiger partial charge in [-0.15, -0.1) is 0 Å². The molecule has 0 radical (unpaired) electrons. The largest absolute Gasteiger partial charge is 0.506 e.